The van der Waals surface area contributed by atoms with Gasteiger partial charge in [-0.15, -0.1) is 0 Å². The maximum absolute atomic E-state index is 11.9. The molecular formula is C10H7F2NO2. The van der Waals surface area contributed by atoms with Crippen molar-refractivity contribution in [3.63, 3.8) is 0 Å². The van der Waals surface area contributed by atoms with E-state index in [0.29, 0.717) is 5.52 Å². The molecular weight excluding hydrogens is 204 g/mol. The lowest BCUT2D eigenvalue weighted by Crippen LogP contribution is -2.03. The Hall–Kier alpha value is -1.91. The first-order valence-corrected chi connectivity index (χ1v) is 4.20. The number of fused-ring (bicyclic) bond motifs is 1. The average Bonchev–Trinajstić information content (AvgIpc) is 2.16. The van der Waals surface area contributed by atoms with Gasteiger partial charge in [-0.1, -0.05) is 0 Å². The van der Waals surface area contributed by atoms with Crippen LogP contribution in [0.3, 0.4) is 0 Å². The van der Waals surface area contributed by atoms with Crippen LogP contribution in [0.15, 0.2) is 30.3 Å². The molecule has 0 unspecified atom stereocenters. The number of aromatic hydroxyl groups is 1. The molecule has 0 amide bonds. The lowest BCUT2D eigenvalue weighted by molar-refractivity contribution is -0.0526. The van der Waals surface area contributed by atoms with E-state index in [0.717, 1.165) is 5.39 Å². The lowest BCUT2D eigenvalue weighted by atomic mass is 10.2. The lowest BCUT2D eigenvalue weighted by Gasteiger charge is -2.04. The Morgan fingerprint density at radius 3 is 2.67 bits per heavy atom. The van der Waals surface area contributed by atoms with Gasteiger partial charge in [0.05, 0.1) is 5.52 Å². The van der Waals surface area contributed by atoms with Gasteiger partial charge in [0.2, 0.25) is 5.88 Å². The minimum absolute atomic E-state index is 0.0317. The highest BCUT2D eigenvalue weighted by molar-refractivity contribution is 5.80. The van der Waals surface area contributed by atoms with E-state index in [1.54, 1.807) is 12.1 Å². The average molecular weight is 211 g/mol. The molecule has 0 fully saturated rings. The van der Waals surface area contributed by atoms with Crippen LogP contribution in [-0.2, 0) is 0 Å². The number of phenolic OH excluding ortho intramolecular Hbond substituents is 1. The molecule has 2 aromatic rings. The van der Waals surface area contributed by atoms with Gasteiger partial charge in [0.25, 0.3) is 0 Å². The third-order valence-corrected chi connectivity index (χ3v) is 1.86. The number of benzene rings is 1. The van der Waals surface area contributed by atoms with E-state index >= 15 is 0 Å². The molecule has 1 aromatic carbocycles. The van der Waals surface area contributed by atoms with Gasteiger partial charge in [-0.05, 0) is 18.2 Å². The van der Waals surface area contributed by atoms with Crippen molar-refractivity contribution in [2.24, 2.45) is 0 Å². The Balaban J connectivity index is 2.45. The van der Waals surface area contributed by atoms with E-state index in [9.17, 15) is 13.9 Å². The van der Waals surface area contributed by atoms with Crippen LogP contribution in [0.2, 0.25) is 0 Å². The summed E-state index contributed by atoms with van der Waals surface area (Å²) >= 11 is 0. The predicted octanol–water partition coefficient (Wildman–Crippen LogP) is 2.54. The quantitative estimate of drug-likeness (QED) is 0.829. The monoisotopic (exact) mass is 211 g/mol. The van der Waals surface area contributed by atoms with Crippen LogP contribution < -0.4 is 4.74 Å². The van der Waals surface area contributed by atoms with Gasteiger partial charge in [0.1, 0.15) is 5.75 Å². The molecule has 1 aromatic heterocycles. The van der Waals surface area contributed by atoms with Crippen LogP contribution in [0.1, 0.15) is 0 Å². The molecule has 0 aliphatic carbocycles. The molecule has 78 valence electrons. The number of aromatic nitrogens is 1. The van der Waals surface area contributed by atoms with Crippen LogP contribution >= 0.6 is 0 Å². The second-order valence-electron chi connectivity index (χ2n) is 2.90. The normalized spacial score (nSPS) is 10.9. The van der Waals surface area contributed by atoms with E-state index in [2.05, 4.69) is 9.72 Å². The van der Waals surface area contributed by atoms with E-state index in [4.69, 9.17) is 0 Å². The van der Waals surface area contributed by atoms with E-state index in [-0.39, 0.29) is 11.6 Å². The first-order valence-electron chi connectivity index (χ1n) is 4.20. The first-order chi connectivity index (χ1) is 7.15. The van der Waals surface area contributed by atoms with Crippen LogP contribution in [0.25, 0.3) is 10.9 Å². The molecule has 5 heteroatoms. The zero-order valence-corrected chi connectivity index (χ0v) is 7.52. The minimum atomic E-state index is -2.90. The molecule has 1 N–H and O–H groups in total. The highest BCUT2D eigenvalue weighted by Gasteiger charge is 2.06. The van der Waals surface area contributed by atoms with Crippen molar-refractivity contribution >= 4 is 10.9 Å². The number of pyridine rings is 1. The highest BCUT2D eigenvalue weighted by Crippen LogP contribution is 2.21. The Labute approximate surface area is 83.9 Å². The van der Waals surface area contributed by atoms with Gasteiger partial charge in [-0.25, -0.2) is 4.98 Å². The van der Waals surface area contributed by atoms with Gasteiger partial charge in [0.15, 0.2) is 0 Å². The smallest absolute Gasteiger partial charge is 0.388 e. The highest BCUT2D eigenvalue weighted by atomic mass is 19.3. The number of hydrogen-bond donors (Lipinski definition) is 1. The van der Waals surface area contributed by atoms with Gasteiger partial charge < -0.3 is 9.84 Å². The summed E-state index contributed by atoms with van der Waals surface area (Å²) in [6, 6.07) is 7.47. The molecule has 0 bridgehead atoms. The Bertz CT molecular complexity index is 488. The fourth-order valence-corrected chi connectivity index (χ4v) is 1.24. The van der Waals surface area contributed by atoms with Crippen LogP contribution in [0, 0.1) is 0 Å². The van der Waals surface area contributed by atoms with Gasteiger partial charge in [0, 0.05) is 17.5 Å². The summed E-state index contributed by atoms with van der Waals surface area (Å²) in [5, 5.41) is 9.92. The summed E-state index contributed by atoms with van der Waals surface area (Å²) in [6.45, 7) is -2.90. The molecule has 3 nitrogen and oxygen atoms in total. The summed E-state index contributed by atoms with van der Waals surface area (Å²) in [5.41, 5.74) is 0.410. The summed E-state index contributed by atoms with van der Waals surface area (Å²) in [6.07, 6.45) is 0. The molecule has 15 heavy (non-hydrogen) atoms. The topological polar surface area (TPSA) is 42.4 Å². The van der Waals surface area contributed by atoms with Gasteiger partial charge in [-0.3, -0.25) is 0 Å². The van der Waals surface area contributed by atoms with Crippen molar-refractivity contribution in [1.29, 1.82) is 0 Å². The predicted molar refractivity (Wildman–Crippen MR) is 50.0 cm³/mol. The molecule has 0 spiro atoms. The zero-order chi connectivity index (χ0) is 10.8. The number of ether oxygens (including phenoxy) is 1. The fraction of sp³-hybridized carbons (Fsp3) is 0.100. The fourth-order valence-electron chi connectivity index (χ4n) is 1.24. The Morgan fingerprint density at radius 2 is 1.93 bits per heavy atom. The van der Waals surface area contributed by atoms with Crippen LogP contribution in [-0.4, -0.2) is 16.7 Å². The van der Waals surface area contributed by atoms with E-state index in [1.807, 2.05) is 0 Å². The molecule has 0 saturated heterocycles. The number of rotatable bonds is 2. The molecule has 0 atom stereocenters. The number of alkyl halides is 2. The summed E-state index contributed by atoms with van der Waals surface area (Å²) < 4.78 is 27.9. The zero-order valence-electron chi connectivity index (χ0n) is 7.52. The maximum Gasteiger partial charge on any atom is 0.388 e. The Kier molecular flexibility index (Phi) is 2.37. The van der Waals surface area contributed by atoms with Crippen molar-refractivity contribution in [1.82, 2.24) is 4.98 Å². The van der Waals surface area contributed by atoms with Crippen molar-refractivity contribution in [3.05, 3.63) is 30.3 Å². The summed E-state index contributed by atoms with van der Waals surface area (Å²) in [7, 11) is 0. The molecule has 2 rings (SSSR count). The van der Waals surface area contributed by atoms with E-state index in [1.165, 1.54) is 18.2 Å². The van der Waals surface area contributed by atoms with Crippen molar-refractivity contribution in [2.45, 2.75) is 6.61 Å². The van der Waals surface area contributed by atoms with E-state index < -0.39 is 6.61 Å². The maximum atomic E-state index is 11.9. The molecule has 0 aliphatic heterocycles. The Morgan fingerprint density at radius 1 is 1.20 bits per heavy atom. The largest absolute Gasteiger partial charge is 0.508 e. The number of nitrogens with zero attached hydrogens (tertiary/aromatic N) is 1. The summed E-state index contributed by atoms with van der Waals surface area (Å²) in [4.78, 5) is 3.81. The van der Waals surface area contributed by atoms with Crippen LogP contribution in [0.4, 0.5) is 8.78 Å². The number of halogens is 2. The molecule has 0 radical (unpaired) electrons. The van der Waals surface area contributed by atoms with Crippen molar-refractivity contribution in [3.8, 4) is 11.6 Å². The van der Waals surface area contributed by atoms with Crippen molar-refractivity contribution in [2.75, 3.05) is 0 Å². The number of hydrogen-bond acceptors (Lipinski definition) is 3. The minimum Gasteiger partial charge on any atom is -0.508 e. The second kappa shape index (κ2) is 3.68. The second-order valence-corrected chi connectivity index (χ2v) is 2.90. The third-order valence-electron chi connectivity index (χ3n) is 1.86. The van der Waals surface area contributed by atoms with Gasteiger partial charge in [-0.2, -0.15) is 8.78 Å². The first kappa shape index (κ1) is 9.64. The number of phenols is 1. The van der Waals surface area contributed by atoms with Crippen molar-refractivity contribution < 1.29 is 18.6 Å². The molecule has 0 saturated carbocycles. The third kappa shape index (κ3) is 2.12. The standard InChI is InChI=1S/C10H7F2NO2/c11-10(12)15-9-4-2-6-1-3-7(14)5-8(6)13-9/h1-5,10,14H. The van der Waals surface area contributed by atoms with Crippen LogP contribution in [0.5, 0.6) is 11.6 Å². The van der Waals surface area contributed by atoms with Gasteiger partial charge >= 0.3 is 6.61 Å². The molecule has 1 heterocycles. The molecule has 0 aliphatic rings. The SMILES string of the molecule is Oc1ccc2ccc(OC(F)F)nc2c1. The summed E-state index contributed by atoms with van der Waals surface area (Å²) in [5.74, 6) is -0.132.